The highest BCUT2D eigenvalue weighted by molar-refractivity contribution is 5.85. The number of rotatable bonds is 9. The molecule has 202 valence electrons. The van der Waals surface area contributed by atoms with Gasteiger partial charge < -0.3 is 10.6 Å². The van der Waals surface area contributed by atoms with Crippen molar-refractivity contribution >= 4 is 36.4 Å². The summed E-state index contributed by atoms with van der Waals surface area (Å²) < 4.78 is 0. The van der Waals surface area contributed by atoms with Gasteiger partial charge in [-0.3, -0.25) is 10.2 Å². The van der Waals surface area contributed by atoms with Gasteiger partial charge in [0.1, 0.15) is 11.6 Å². The quantitative estimate of drug-likeness (QED) is 0.132. The second-order valence-electron chi connectivity index (χ2n) is 9.07. The molecule has 0 saturated carbocycles. The fourth-order valence-corrected chi connectivity index (χ4v) is 4.45. The molecule has 2 heterocycles. The highest BCUT2D eigenvalue weighted by Crippen LogP contribution is 2.26. The second kappa shape index (κ2) is 13.5. The van der Waals surface area contributed by atoms with Gasteiger partial charge in [-0.2, -0.15) is 10.2 Å². The predicted molar refractivity (Wildman–Crippen MR) is 170 cm³/mol. The molecule has 6 aromatic rings. The Morgan fingerprint density at radius 3 is 1.12 bits per heavy atom. The van der Waals surface area contributed by atoms with Crippen molar-refractivity contribution in [3.8, 4) is 44.8 Å². The number of halogens is 2. The average molecular weight is 570 g/mol. The first kappa shape index (κ1) is 28.5. The number of aromatic nitrogens is 4. The Kier molecular flexibility index (Phi) is 9.62. The lowest BCUT2D eigenvalue weighted by molar-refractivity contribution is 1.01. The molecule has 0 aliphatic rings. The van der Waals surface area contributed by atoms with E-state index in [2.05, 4.69) is 128 Å². The third-order valence-electron chi connectivity index (χ3n) is 6.50. The zero-order valence-electron chi connectivity index (χ0n) is 21.7. The van der Waals surface area contributed by atoms with E-state index in [1.165, 1.54) is 22.3 Å². The molecule has 4 N–H and O–H groups in total. The number of aromatic amines is 2. The van der Waals surface area contributed by atoms with Crippen molar-refractivity contribution < 1.29 is 0 Å². The first-order chi connectivity index (χ1) is 18.8. The maximum atomic E-state index is 4.40. The van der Waals surface area contributed by atoms with Crippen LogP contribution in [0.5, 0.6) is 0 Å². The first-order valence-corrected chi connectivity index (χ1v) is 12.7. The highest BCUT2D eigenvalue weighted by Gasteiger charge is 2.06. The molecule has 0 amide bonds. The van der Waals surface area contributed by atoms with Crippen LogP contribution in [-0.4, -0.2) is 33.5 Å². The van der Waals surface area contributed by atoms with E-state index in [1.54, 1.807) is 0 Å². The van der Waals surface area contributed by atoms with Crippen molar-refractivity contribution in [1.29, 1.82) is 0 Å². The zero-order valence-corrected chi connectivity index (χ0v) is 23.3. The SMILES string of the molecule is Cl.Cl.c1ccc(-c2ccc(-c3cc(NCCNc4cc(-c5ccc(-c6ccccc6)cc5)[nH]n4)n[nH]3)cc2)cc1. The number of H-pyrrole nitrogens is 2. The predicted octanol–water partition coefficient (Wildman–Crippen LogP) is 8.17. The molecular weight excluding hydrogens is 539 g/mol. The van der Waals surface area contributed by atoms with Crippen molar-refractivity contribution in [2.75, 3.05) is 23.7 Å². The Morgan fingerprint density at radius 1 is 0.425 bits per heavy atom. The third-order valence-corrected chi connectivity index (χ3v) is 6.50. The Bertz CT molecular complexity index is 1470. The van der Waals surface area contributed by atoms with Gasteiger partial charge in [0.25, 0.3) is 0 Å². The van der Waals surface area contributed by atoms with E-state index in [4.69, 9.17) is 0 Å². The molecule has 2 aromatic heterocycles. The summed E-state index contributed by atoms with van der Waals surface area (Å²) in [4.78, 5) is 0. The number of anilines is 2. The van der Waals surface area contributed by atoms with Crippen LogP contribution in [0.2, 0.25) is 0 Å². The van der Waals surface area contributed by atoms with Gasteiger partial charge in [-0.25, -0.2) is 0 Å². The minimum atomic E-state index is 0. The van der Waals surface area contributed by atoms with Crippen molar-refractivity contribution in [2.45, 2.75) is 0 Å². The minimum absolute atomic E-state index is 0. The average Bonchev–Trinajstić information content (AvgIpc) is 3.67. The number of nitrogens with one attached hydrogen (secondary N) is 4. The van der Waals surface area contributed by atoms with E-state index in [0.29, 0.717) is 13.1 Å². The van der Waals surface area contributed by atoms with E-state index in [1.807, 2.05) is 24.3 Å². The molecule has 0 aliphatic heterocycles. The van der Waals surface area contributed by atoms with E-state index < -0.39 is 0 Å². The van der Waals surface area contributed by atoms with Gasteiger partial charge in [0.15, 0.2) is 0 Å². The zero-order chi connectivity index (χ0) is 25.6. The normalized spacial score (nSPS) is 10.3. The standard InChI is InChI=1S/C32H28N6.2ClH/c1-3-7-23(8-4-1)25-11-15-27(16-12-25)29-21-31(37-35-29)33-19-20-34-32-22-30(36-38-32)28-17-13-26(14-18-28)24-9-5-2-6-10-24;;/h1-18,21-22H,19-20H2,(H2,33,35,37)(H2,34,36,38);2*1H. The van der Waals surface area contributed by atoms with Crippen molar-refractivity contribution in [3.05, 3.63) is 121 Å². The van der Waals surface area contributed by atoms with Crippen molar-refractivity contribution in [3.63, 3.8) is 0 Å². The van der Waals surface area contributed by atoms with E-state index in [0.717, 1.165) is 34.2 Å². The maximum absolute atomic E-state index is 4.40. The van der Waals surface area contributed by atoms with Gasteiger partial charge in [0.05, 0.1) is 11.4 Å². The minimum Gasteiger partial charge on any atom is -0.367 e. The number of hydrogen-bond donors (Lipinski definition) is 4. The number of benzene rings is 4. The molecule has 0 fully saturated rings. The van der Waals surface area contributed by atoms with Crippen LogP contribution < -0.4 is 10.6 Å². The summed E-state index contributed by atoms with van der Waals surface area (Å²) in [6.45, 7) is 1.43. The first-order valence-electron chi connectivity index (χ1n) is 12.7. The molecule has 0 aliphatic carbocycles. The van der Waals surface area contributed by atoms with Gasteiger partial charge in [0, 0.05) is 25.2 Å². The van der Waals surface area contributed by atoms with E-state index >= 15 is 0 Å². The molecule has 0 spiro atoms. The topological polar surface area (TPSA) is 81.4 Å². The second-order valence-corrected chi connectivity index (χ2v) is 9.07. The molecule has 8 heteroatoms. The largest absolute Gasteiger partial charge is 0.367 e. The smallest absolute Gasteiger partial charge is 0.148 e. The van der Waals surface area contributed by atoms with Gasteiger partial charge in [-0.1, -0.05) is 109 Å². The molecule has 0 saturated heterocycles. The van der Waals surface area contributed by atoms with Gasteiger partial charge >= 0.3 is 0 Å². The van der Waals surface area contributed by atoms with Crippen LogP contribution in [0.4, 0.5) is 11.6 Å². The van der Waals surface area contributed by atoms with Crippen LogP contribution >= 0.6 is 24.8 Å². The summed E-state index contributed by atoms with van der Waals surface area (Å²) >= 11 is 0. The fourth-order valence-electron chi connectivity index (χ4n) is 4.45. The number of nitrogens with zero attached hydrogens (tertiary/aromatic N) is 2. The van der Waals surface area contributed by atoms with Gasteiger partial charge in [0.2, 0.25) is 0 Å². The Balaban J connectivity index is 0.00000185. The Labute approximate surface area is 246 Å². The lowest BCUT2D eigenvalue weighted by Crippen LogP contribution is -2.13. The molecule has 6 nitrogen and oxygen atoms in total. The molecule has 0 atom stereocenters. The Morgan fingerprint density at radius 2 is 0.750 bits per heavy atom. The van der Waals surface area contributed by atoms with Crippen LogP contribution in [0.3, 0.4) is 0 Å². The fraction of sp³-hybridized carbons (Fsp3) is 0.0625. The molecule has 0 unspecified atom stereocenters. The van der Waals surface area contributed by atoms with Gasteiger partial charge in [-0.05, 0) is 33.4 Å². The van der Waals surface area contributed by atoms with Crippen LogP contribution in [-0.2, 0) is 0 Å². The lowest BCUT2D eigenvalue weighted by Gasteiger charge is -2.04. The van der Waals surface area contributed by atoms with Crippen LogP contribution in [0.15, 0.2) is 121 Å². The third kappa shape index (κ3) is 6.72. The van der Waals surface area contributed by atoms with E-state index in [-0.39, 0.29) is 24.8 Å². The number of hydrogen-bond acceptors (Lipinski definition) is 4. The maximum Gasteiger partial charge on any atom is 0.148 e. The summed E-state index contributed by atoms with van der Waals surface area (Å²) in [6.07, 6.45) is 0. The summed E-state index contributed by atoms with van der Waals surface area (Å²) in [5.41, 5.74) is 8.99. The summed E-state index contributed by atoms with van der Waals surface area (Å²) in [5.74, 6) is 1.63. The summed E-state index contributed by atoms with van der Waals surface area (Å²) in [6, 6.07) is 41.8. The molecule has 0 radical (unpaired) electrons. The highest BCUT2D eigenvalue weighted by atomic mass is 35.5. The van der Waals surface area contributed by atoms with Crippen LogP contribution in [0.25, 0.3) is 44.8 Å². The van der Waals surface area contributed by atoms with Crippen LogP contribution in [0.1, 0.15) is 0 Å². The van der Waals surface area contributed by atoms with Crippen molar-refractivity contribution in [1.82, 2.24) is 20.4 Å². The molecule has 40 heavy (non-hydrogen) atoms. The van der Waals surface area contributed by atoms with Crippen LogP contribution in [0, 0.1) is 0 Å². The summed E-state index contributed by atoms with van der Waals surface area (Å²) in [5, 5.41) is 21.8. The molecule has 4 aromatic carbocycles. The lowest BCUT2D eigenvalue weighted by atomic mass is 10.0. The molecular formula is C32H30Cl2N6. The van der Waals surface area contributed by atoms with Crippen molar-refractivity contribution in [2.24, 2.45) is 0 Å². The van der Waals surface area contributed by atoms with E-state index in [9.17, 15) is 0 Å². The Hall–Kier alpha value is -4.52. The molecule has 6 rings (SSSR count). The summed E-state index contributed by atoms with van der Waals surface area (Å²) in [7, 11) is 0. The van der Waals surface area contributed by atoms with Gasteiger partial charge in [-0.15, -0.1) is 24.8 Å². The molecule has 0 bridgehead atoms. The monoisotopic (exact) mass is 568 g/mol.